The highest BCUT2D eigenvalue weighted by molar-refractivity contribution is 6.26. The fraction of sp³-hybridized carbons (Fsp3) is 0.600. The lowest BCUT2D eigenvalue weighted by molar-refractivity contribution is -0.137. The first-order chi connectivity index (χ1) is 6.22. The van der Waals surface area contributed by atoms with Crippen LogP contribution in [0.15, 0.2) is 5.11 Å². The molecule has 1 atom stereocenters. The van der Waals surface area contributed by atoms with E-state index in [9.17, 15) is 9.18 Å². The second-order valence-electron chi connectivity index (χ2n) is 1.79. The summed E-state index contributed by atoms with van der Waals surface area (Å²) in [6.07, 6.45) is -1.80. The molecule has 0 radical (unpaired) electrons. The molecule has 0 N–H and O–H groups in total. The Labute approximate surface area is 72.4 Å². The van der Waals surface area contributed by atoms with Crippen molar-refractivity contribution in [2.24, 2.45) is 5.11 Å². The van der Waals surface area contributed by atoms with Gasteiger partial charge in [-0.05, 0) is 5.53 Å². The van der Waals surface area contributed by atoms with Gasteiger partial charge in [0.15, 0.2) is 0 Å². The summed E-state index contributed by atoms with van der Waals surface area (Å²) in [5.74, 6) is -1.11. The predicted octanol–water partition coefficient (Wildman–Crippen LogP) is 0.479. The van der Waals surface area contributed by atoms with Crippen LogP contribution in [0, 0.1) is 0 Å². The number of nitrogens with zero attached hydrogens (tertiary/aromatic N) is 5. The van der Waals surface area contributed by atoms with Gasteiger partial charge in [-0.25, -0.2) is 4.39 Å². The Morgan fingerprint density at radius 1 is 1.69 bits per heavy atom. The minimum atomic E-state index is -2.19. The third kappa shape index (κ3) is 5.51. The Kier molecular flexibility index (Phi) is 6.00. The molecule has 0 amide bonds. The molecule has 0 aromatic heterocycles. The summed E-state index contributed by atoms with van der Waals surface area (Å²) in [5.41, 5.74) is 15.7. The van der Waals surface area contributed by atoms with Gasteiger partial charge in [0.1, 0.15) is 0 Å². The number of Topliss-reactive ketones (excluding diaryl/α,β-unsaturated/α-hetero) is 1. The molecule has 0 rings (SSSR count). The molecule has 0 aliphatic rings. The molecule has 0 fully saturated rings. The van der Waals surface area contributed by atoms with Gasteiger partial charge < -0.3 is 10.3 Å². The number of carbonyl (C=O) groups excluding carboxylic acids is 1. The van der Waals surface area contributed by atoms with Crippen LogP contribution in [0.1, 0.15) is 0 Å². The number of alkyl halides is 1. The van der Waals surface area contributed by atoms with Gasteiger partial charge in [-0.3, -0.25) is 4.79 Å². The fourth-order valence-electron chi connectivity index (χ4n) is 0.439. The van der Waals surface area contributed by atoms with Gasteiger partial charge in [0, 0.05) is 11.5 Å². The summed E-state index contributed by atoms with van der Waals surface area (Å²) >= 11 is 0. The van der Waals surface area contributed by atoms with Crippen LogP contribution in [0.25, 0.3) is 16.0 Å². The Morgan fingerprint density at radius 3 is 2.92 bits per heavy atom. The van der Waals surface area contributed by atoms with E-state index in [1.807, 2.05) is 0 Å². The summed E-state index contributed by atoms with van der Waals surface area (Å²) in [7, 11) is 0. The van der Waals surface area contributed by atoms with Gasteiger partial charge >= 0.3 is 6.21 Å². The summed E-state index contributed by atoms with van der Waals surface area (Å²) < 4.78 is 16.8. The van der Waals surface area contributed by atoms with Crippen molar-refractivity contribution in [3.05, 3.63) is 16.0 Å². The van der Waals surface area contributed by atoms with Gasteiger partial charge in [-0.15, -0.1) is 0 Å². The highest BCUT2D eigenvalue weighted by Gasteiger charge is 2.18. The van der Waals surface area contributed by atoms with Crippen LogP contribution in [0.5, 0.6) is 0 Å². The molecule has 8 heteroatoms. The zero-order valence-corrected chi connectivity index (χ0v) is 6.50. The summed E-state index contributed by atoms with van der Waals surface area (Å²) in [5, 5.41) is 3.04. The van der Waals surface area contributed by atoms with E-state index in [4.69, 9.17) is 11.1 Å². The molecule has 1 unspecified atom stereocenters. The highest BCUT2D eigenvalue weighted by Crippen LogP contribution is 1.93. The number of halogens is 1. The summed E-state index contributed by atoms with van der Waals surface area (Å²) in [4.78, 5) is 15.2. The molecule has 0 saturated heterocycles. The standard InChI is InChI=1S/C5H6FN5O2/c6-5(4(12)3-9-7)13-2-1-10-11-8/h3,5H,1-2H2. The Hall–Kier alpha value is -1.75. The van der Waals surface area contributed by atoms with Crippen molar-refractivity contribution in [2.45, 2.75) is 6.36 Å². The Balaban J connectivity index is 3.73. The second-order valence-corrected chi connectivity index (χ2v) is 1.79. The van der Waals surface area contributed by atoms with E-state index >= 15 is 0 Å². The number of ether oxygens (including phenoxy) is 1. The zero-order chi connectivity index (χ0) is 10.1. The van der Waals surface area contributed by atoms with E-state index in [0.29, 0.717) is 6.21 Å². The first-order valence-electron chi connectivity index (χ1n) is 3.20. The lowest BCUT2D eigenvalue weighted by Gasteiger charge is -2.01. The smallest absolute Gasteiger partial charge is 0.328 e. The van der Waals surface area contributed by atoms with E-state index in [1.165, 1.54) is 0 Å². The number of hydrogen-bond donors (Lipinski definition) is 0. The third-order valence-electron chi connectivity index (χ3n) is 0.927. The molecule has 0 aliphatic carbocycles. The number of rotatable bonds is 6. The van der Waals surface area contributed by atoms with Crippen molar-refractivity contribution in [3.63, 3.8) is 0 Å². The monoisotopic (exact) mass is 187 g/mol. The number of carbonyl (C=O) groups is 1. The van der Waals surface area contributed by atoms with E-state index in [-0.39, 0.29) is 13.2 Å². The topological polar surface area (TPSA) is 111 Å². The summed E-state index contributed by atoms with van der Waals surface area (Å²) in [6.45, 7) is -0.281. The zero-order valence-electron chi connectivity index (χ0n) is 6.50. The molecule has 0 spiro atoms. The number of hydrogen-bond acceptors (Lipinski definition) is 3. The lowest BCUT2D eigenvalue weighted by atomic mass is 10.4. The quantitative estimate of drug-likeness (QED) is 0.198. The van der Waals surface area contributed by atoms with Crippen LogP contribution < -0.4 is 0 Å². The van der Waals surface area contributed by atoms with Gasteiger partial charge in [0.25, 0.3) is 12.1 Å². The van der Waals surface area contributed by atoms with Crippen molar-refractivity contribution < 1.29 is 18.7 Å². The van der Waals surface area contributed by atoms with Crippen LogP contribution >= 0.6 is 0 Å². The van der Waals surface area contributed by atoms with E-state index in [2.05, 4.69) is 19.6 Å². The van der Waals surface area contributed by atoms with Crippen LogP contribution in [0.4, 0.5) is 4.39 Å². The third-order valence-corrected chi connectivity index (χ3v) is 0.927. The van der Waals surface area contributed by atoms with Crippen molar-refractivity contribution in [1.29, 1.82) is 0 Å². The largest absolute Gasteiger partial charge is 0.361 e. The maximum Gasteiger partial charge on any atom is 0.328 e. The number of ketones is 1. The van der Waals surface area contributed by atoms with Crippen LogP contribution in [0.2, 0.25) is 0 Å². The highest BCUT2D eigenvalue weighted by atomic mass is 19.1. The molecule has 0 aromatic carbocycles. The molecular formula is C5H6FN5O2. The molecular weight excluding hydrogens is 181 g/mol. The minimum absolute atomic E-state index is 0.0690. The second kappa shape index (κ2) is 6.93. The van der Waals surface area contributed by atoms with E-state index in [1.54, 1.807) is 0 Å². The molecule has 0 aromatic rings. The van der Waals surface area contributed by atoms with E-state index in [0.717, 1.165) is 0 Å². The van der Waals surface area contributed by atoms with Crippen LogP contribution in [-0.2, 0) is 9.53 Å². The van der Waals surface area contributed by atoms with Gasteiger partial charge in [-0.1, -0.05) is 5.11 Å². The molecule has 13 heavy (non-hydrogen) atoms. The fourth-order valence-corrected chi connectivity index (χ4v) is 0.439. The molecule has 0 bridgehead atoms. The van der Waals surface area contributed by atoms with Crippen molar-refractivity contribution in [3.8, 4) is 0 Å². The molecule has 70 valence electrons. The summed E-state index contributed by atoms with van der Waals surface area (Å²) in [6, 6.07) is 0. The van der Waals surface area contributed by atoms with Crippen molar-refractivity contribution >= 4 is 12.0 Å². The normalized spacial score (nSPS) is 10.8. The Morgan fingerprint density at radius 2 is 2.38 bits per heavy atom. The first-order valence-corrected chi connectivity index (χ1v) is 3.20. The van der Waals surface area contributed by atoms with Gasteiger partial charge in [0.05, 0.1) is 6.61 Å². The molecule has 0 aliphatic heterocycles. The minimum Gasteiger partial charge on any atom is -0.361 e. The lowest BCUT2D eigenvalue weighted by Crippen LogP contribution is -2.21. The van der Waals surface area contributed by atoms with Crippen molar-refractivity contribution in [1.82, 2.24) is 0 Å². The van der Waals surface area contributed by atoms with Gasteiger partial charge in [0.2, 0.25) is 0 Å². The molecule has 0 heterocycles. The van der Waals surface area contributed by atoms with Gasteiger partial charge in [-0.2, -0.15) is 4.79 Å². The molecule has 7 nitrogen and oxygen atoms in total. The maximum atomic E-state index is 12.5. The maximum absolute atomic E-state index is 12.5. The van der Waals surface area contributed by atoms with Crippen LogP contribution in [-0.4, -0.2) is 36.3 Å². The average Bonchev–Trinajstić information content (AvgIpc) is 2.12. The predicted molar refractivity (Wildman–Crippen MR) is 39.6 cm³/mol. The van der Waals surface area contributed by atoms with Crippen molar-refractivity contribution in [2.75, 3.05) is 13.2 Å². The SMILES string of the molecule is [N-]=[N+]=CC(=O)C(F)OCCN=[N+]=[N-]. The average molecular weight is 187 g/mol. The molecule has 0 saturated carbocycles. The first kappa shape index (κ1) is 11.2. The van der Waals surface area contributed by atoms with E-state index < -0.39 is 12.1 Å². The van der Waals surface area contributed by atoms with Crippen LogP contribution in [0.3, 0.4) is 0 Å². The Bertz CT molecular complexity index is 268. The number of azide groups is 1.